The summed E-state index contributed by atoms with van der Waals surface area (Å²) in [4.78, 5) is 0. The van der Waals surface area contributed by atoms with Crippen LogP contribution in [-0.4, -0.2) is 12.6 Å². The maximum atomic E-state index is 6.12. The van der Waals surface area contributed by atoms with E-state index in [1.165, 1.54) is 80.1 Å². The molecule has 0 saturated carbocycles. The summed E-state index contributed by atoms with van der Waals surface area (Å²) in [5, 5.41) is 4.04. The number of hydrogen-bond donors (Lipinski definition) is 2. The monoisotopic (exact) mass is 600 g/mol. The van der Waals surface area contributed by atoms with E-state index in [2.05, 4.69) is 116 Å². The van der Waals surface area contributed by atoms with E-state index in [1.54, 1.807) is 5.57 Å². The highest BCUT2D eigenvalue weighted by atomic mass is 14.9. The average molecular weight is 601 g/mol. The van der Waals surface area contributed by atoms with Crippen molar-refractivity contribution in [1.29, 1.82) is 0 Å². The van der Waals surface area contributed by atoms with Gasteiger partial charge in [-0.05, 0) is 142 Å². The van der Waals surface area contributed by atoms with Gasteiger partial charge in [-0.1, -0.05) is 103 Å². The summed E-state index contributed by atoms with van der Waals surface area (Å²) < 4.78 is 0. The summed E-state index contributed by atoms with van der Waals surface area (Å²) in [5.74, 6) is 4.26. The van der Waals surface area contributed by atoms with E-state index in [4.69, 9.17) is 5.73 Å². The van der Waals surface area contributed by atoms with E-state index in [1.807, 2.05) is 6.20 Å². The van der Waals surface area contributed by atoms with Crippen LogP contribution < -0.4 is 11.1 Å². The summed E-state index contributed by atoms with van der Waals surface area (Å²) in [5.41, 5.74) is 13.2. The van der Waals surface area contributed by atoms with Crippen molar-refractivity contribution in [3.8, 4) is 0 Å². The largest absolute Gasteiger partial charge is 0.404 e. The Morgan fingerprint density at radius 3 is 2.53 bits per heavy atom. The number of allylic oxidation sites excluding steroid dienone is 19. The fourth-order valence-electron chi connectivity index (χ4n) is 9.06. The van der Waals surface area contributed by atoms with Crippen molar-refractivity contribution in [2.45, 2.75) is 84.1 Å². The van der Waals surface area contributed by atoms with Gasteiger partial charge >= 0.3 is 0 Å². The fourth-order valence-corrected chi connectivity index (χ4v) is 9.06. The molecule has 3 N–H and O–H groups in total. The first kappa shape index (κ1) is 31.9. The molecule has 0 fully saturated rings. The molecule has 0 aromatic rings. The molecule has 0 aromatic heterocycles. The van der Waals surface area contributed by atoms with Crippen LogP contribution in [0.15, 0.2) is 131 Å². The zero-order chi connectivity index (χ0) is 31.0. The van der Waals surface area contributed by atoms with Gasteiger partial charge in [-0.3, -0.25) is 0 Å². The lowest BCUT2D eigenvalue weighted by Crippen LogP contribution is -2.37. The van der Waals surface area contributed by atoms with Gasteiger partial charge in [-0.15, -0.1) is 0 Å². The van der Waals surface area contributed by atoms with Crippen molar-refractivity contribution in [3.63, 3.8) is 0 Å². The smallest absolute Gasteiger partial charge is 0.0259 e. The first-order valence-corrected chi connectivity index (χ1v) is 18.1. The number of nitrogens with one attached hydrogen (secondary N) is 1. The van der Waals surface area contributed by atoms with E-state index in [-0.39, 0.29) is 0 Å². The summed E-state index contributed by atoms with van der Waals surface area (Å²) in [7, 11) is 0. The highest BCUT2D eigenvalue weighted by Gasteiger charge is 2.33. The Balaban J connectivity index is 1.28. The van der Waals surface area contributed by atoms with Gasteiger partial charge < -0.3 is 11.1 Å². The Morgan fingerprint density at radius 2 is 1.69 bits per heavy atom. The highest BCUT2D eigenvalue weighted by Crippen LogP contribution is 2.43. The van der Waals surface area contributed by atoms with Crippen molar-refractivity contribution < 1.29 is 0 Å². The Morgan fingerprint density at radius 1 is 0.844 bits per heavy atom. The molecule has 6 aliphatic rings. The minimum atomic E-state index is 0.347. The quantitative estimate of drug-likeness (QED) is 0.204. The third-order valence-electron chi connectivity index (χ3n) is 11.5. The van der Waals surface area contributed by atoms with Gasteiger partial charge in [0.15, 0.2) is 0 Å². The molecule has 6 aliphatic carbocycles. The lowest BCUT2D eigenvalue weighted by molar-refractivity contribution is 0.264. The van der Waals surface area contributed by atoms with Crippen LogP contribution >= 0.6 is 0 Å². The van der Waals surface area contributed by atoms with Crippen LogP contribution in [0.3, 0.4) is 0 Å². The zero-order valence-electron chi connectivity index (χ0n) is 27.8. The van der Waals surface area contributed by atoms with Crippen LogP contribution in [0.25, 0.3) is 0 Å². The summed E-state index contributed by atoms with van der Waals surface area (Å²) in [6.07, 6.45) is 52.7. The second-order valence-corrected chi connectivity index (χ2v) is 14.3. The standard InChI is InChI=1S/C43H56N2/c1-3-13-35(29-44)41-27-26-38(42-20-11-12-21-43(41)42)31(2)22-23-36(30-45-37-25-24-32-14-7-8-17-34(32)28-37)40-19-10-9-18-39(40)33-15-5-4-6-16-33/h3-5,8-9,11,13,17-18,20,22-27,29,32-34,37,39-41,43,45H,6-7,10,12,14-16,19,21,28,30,44H2,1-2H3/b13-3-,31-22+,35-29+,36-23+/t32?,33?,34?,37?,39?,40?,41?,43-/m1/s1. The molecule has 0 amide bonds. The van der Waals surface area contributed by atoms with Crippen LogP contribution in [0, 0.1) is 41.4 Å². The lowest BCUT2D eigenvalue weighted by atomic mass is 9.69. The Kier molecular flexibility index (Phi) is 10.9. The second-order valence-electron chi connectivity index (χ2n) is 14.3. The number of fused-ring (bicyclic) bond motifs is 2. The predicted octanol–water partition coefficient (Wildman–Crippen LogP) is 10.2. The van der Waals surface area contributed by atoms with Crippen molar-refractivity contribution in [1.82, 2.24) is 5.32 Å². The molecule has 0 saturated heterocycles. The third kappa shape index (κ3) is 7.49. The summed E-state index contributed by atoms with van der Waals surface area (Å²) in [6, 6.07) is 0.455. The molecule has 2 nitrogen and oxygen atoms in total. The molecule has 238 valence electrons. The first-order chi connectivity index (χ1) is 22.2. The van der Waals surface area contributed by atoms with Gasteiger partial charge in [0.2, 0.25) is 0 Å². The van der Waals surface area contributed by atoms with Crippen LogP contribution in [0.4, 0.5) is 0 Å². The second kappa shape index (κ2) is 15.5. The van der Waals surface area contributed by atoms with Crippen LogP contribution in [-0.2, 0) is 0 Å². The third-order valence-corrected chi connectivity index (χ3v) is 11.5. The minimum Gasteiger partial charge on any atom is -0.404 e. The molecule has 0 spiro atoms. The Labute approximate surface area is 273 Å². The van der Waals surface area contributed by atoms with Gasteiger partial charge in [-0.25, -0.2) is 0 Å². The summed E-state index contributed by atoms with van der Waals surface area (Å²) in [6.45, 7) is 5.37. The van der Waals surface area contributed by atoms with Crippen molar-refractivity contribution in [2.24, 2.45) is 47.2 Å². The molecule has 7 unspecified atom stereocenters. The van der Waals surface area contributed by atoms with Crippen molar-refractivity contribution >= 4 is 0 Å². The Bertz CT molecular complexity index is 1380. The van der Waals surface area contributed by atoms with Gasteiger partial charge in [-0.2, -0.15) is 0 Å². The topological polar surface area (TPSA) is 38.0 Å². The summed E-state index contributed by atoms with van der Waals surface area (Å²) >= 11 is 0. The normalized spacial score (nSPS) is 35.3. The lowest BCUT2D eigenvalue weighted by Gasteiger charge is -2.37. The zero-order valence-corrected chi connectivity index (χ0v) is 27.8. The van der Waals surface area contributed by atoms with Gasteiger partial charge in [0, 0.05) is 18.5 Å². The predicted molar refractivity (Wildman–Crippen MR) is 193 cm³/mol. The molecule has 0 aromatic carbocycles. The van der Waals surface area contributed by atoms with Gasteiger partial charge in [0.05, 0.1) is 0 Å². The van der Waals surface area contributed by atoms with Crippen molar-refractivity contribution in [3.05, 3.63) is 131 Å². The SMILES string of the molecule is C/C=C\C(=C/N)C1C=CC(/C(C)=C/C=C(\CNC2C=CC3CCC=CC3C2)C2CCC=CC2C2CC=CCC2)=C2C=CCC[C@@H]21. The molecule has 0 aliphatic heterocycles. The van der Waals surface area contributed by atoms with E-state index in [9.17, 15) is 0 Å². The van der Waals surface area contributed by atoms with Gasteiger partial charge in [0.1, 0.15) is 0 Å². The van der Waals surface area contributed by atoms with Crippen LogP contribution in [0.1, 0.15) is 78.1 Å². The molecule has 2 heteroatoms. The van der Waals surface area contributed by atoms with E-state index in [0.717, 1.165) is 24.8 Å². The first-order valence-electron chi connectivity index (χ1n) is 18.1. The number of hydrogen-bond acceptors (Lipinski definition) is 2. The van der Waals surface area contributed by atoms with Crippen LogP contribution in [0.5, 0.6) is 0 Å². The molecule has 6 rings (SSSR count). The molecular formula is C43H56N2. The molecule has 0 radical (unpaired) electrons. The molecule has 45 heavy (non-hydrogen) atoms. The van der Waals surface area contributed by atoms with E-state index in [0.29, 0.717) is 35.6 Å². The Hall–Kier alpha value is -3.10. The number of nitrogens with two attached hydrogens (primary N) is 1. The number of rotatable bonds is 9. The van der Waals surface area contributed by atoms with Gasteiger partial charge in [0.25, 0.3) is 0 Å². The maximum absolute atomic E-state index is 6.12. The minimum absolute atomic E-state index is 0.347. The highest BCUT2D eigenvalue weighted by molar-refractivity contribution is 5.53. The molecule has 0 heterocycles. The molecule has 0 bridgehead atoms. The van der Waals surface area contributed by atoms with E-state index >= 15 is 0 Å². The average Bonchev–Trinajstić information content (AvgIpc) is 3.10. The fraction of sp³-hybridized carbons (Fsp3) is 0.488. The maximum Gasteiger partial charge on any atom is 0.0259 e. The van der Waals surface area contributed by atoms with E-state index < -0.39 is 0 Å². The van der Waals surface area contributed by atoms with Crippen molar-refractivity contribution in [2.75, 3.05) is 6.54 Å². The molecule has 8 atom stereocenters. The van der Waals surface area contributed by atoms with Crippen LogP contribution in [0.2, 0.25) is 0 Å². The molecular weight excluding hydrogens is 544 g/mol.